The van der Waals surface area contributed by atoms with E-state index in [1.807, 2.05) is 40.7 Å². The van der Waals surface area contributed by atoms with Gasteiger partial charge in [0.2, 0.25) is 5.91 Å². The molecule has 1 saturated heterocycles. The second-order valence-corrected chi connectivity index (χ2v) is 10.5. The molecule has 2 atom stereocenters. The first kappa shape index (κ1) is 21.2. The van der Waals surface area contributed by atoms with Crippen LogP contribution in [0.5, 0.6) is 0 Å². The maximum absolute atomic E-state index is 12.9. The number of aryl methyl sites for hydroxylation is 1. The predicted molar refractivity (Wildman–Crippen MR) is 105 cm³/mol. The van der Waals surface area contributed by atoms with Gasteiger partial charge in [0.05, 0.1) is 17.3 Å². The molecule has 0 aliphatic carbocycles. The molecule has 1 aliphatic rings. The number of amides is 1. The molecule has 2 rings (SSSR count). The minimum absolute atomic E-state index is 0.0196. The standard InChI is InChI=1S/C18H29N3O3S2/c1-6-14(5)21(15-7-8-26(23,24)11-15)17(22)10-25-16-9-13(4)19-18(20-16)12(2)3/h9,12,14-15H,6-8,10-11H2,1-5H3/t14-,15+/m0/s1. The first-order valence-electron chi connectivity index (χ1n) is 9.13. The van der Waals surface area contributed by atoms with E-state index in [1.54, 1.807) is 4.90 Å². The molecule has 0 radical (unpaired) electrons. The van der Waals surface area contributed by atoms with Crippen molar-refractivity contribution >= 4 is 27.5 Å². The van der Waals surface area contributed by atoms with Crippen molar-refractivity contribution in [3.8, 4) is 0 Å². The van der Waals surface area contributed by atoms with Gasteiger partial charge in [-0.3, -0.25) is 4.79 Å². The number of carbonyl (C=O) groups excluding carboxylic acids is 1. The average molecular weight is 400 g/mol. The van der Waals surface area contributed by atoms with E-state index in [0.717, 1.165) is 23.0 Å². The second kappa shape index (κ2) is 8.69. The van der Waals surface area contributed by atoms with Crippen LogP contribution in [0.25, 0.3) is 0 Å². The molecule has 6 nitrogen and oxygen atoms in total. The Morgan fingerprint density at radius 2 is 2.04 bits per heavy atom. The van der Waals surface area contributed by atoms with Crippen molar-refractivity contribution in [1.29, 1.82) is 0 Å². The third-order valence-electron chi connectivity index (χ3n) is 4.66. The predicted octanol–water partition coefficient (Wildman–Crippen LogP) is 2.81. The van der Waals surface area contributed by atoms with Crippen molar-refractivity contribution in [1.82, 2.24) is 14.9 Å². The van der Waals surface area contributed by atoms with Crippen LogP contribution in [0.15, 0.2) is 11.1 Å². The van der Waals surface area contributed by atoms with E-state index < -0.39 is 9.84 Å². The van der Waals surface area contributed by atoms with Crippen molar-refractivity contribution in [3.05, 3.63) is 17.6 Å². The topological polar surface area (TPSA) is 80.2 Å². The highest BCUT2D eigenvalue weighted by atomic mass is 32.2. The Kier molecular flexibility index (Phi) is 7.07. The number of rotatable bonds is 7. The smallest absolute Gasteiger partial charge is 0.233 e. The van der Waals surface area contributed by atoms with Crippen LogP contribution in [0.1, 0.15) is 58.0 Å². The highest BCUT2D eigenvalue weighted by molar-refractivity contribution is 7.99. The lowest BCUT2D eigenvalue weighted by atomic mass is 10.1. The van der Waals surface area contributed by atoms with E-state index in [1.165, 1.54) is 11.8 Å². The van der Waals surface area contributed by atoms with E-state index in [0.29, 0.717) is 6.42 Å². The van der Waals surface area contributed by atoms with Crippen LogP contribution in [0.3, 0.4) is 0 Å². The Hall–Kier alpha value is -1.15. The zero-order valence-electron chi connectivity index (χ0n) is 16.2. The number of carbonyl (C=O) groups is 1. The fourth-order valence-corrected chi connectivity index (χ4v) is 5.65. The van der Waals surface area contributed by atoms with Gasteiger partial charge in [0.1, 0.15) is 10.9 Å². The molecular formula is C18H29N3O3S2. The molecule has 0 N–H and O–H groups in total. The molecule has 146 valence electrons. The molecule has 1 amide bonds. The van der Waals surface area contributed by atoms with Crippen LogP contribution in [-0.2, 0) is 14.6 Å². The van der Waals surface area contributed by atoms with Gasteiger partial charge in [0.15, 0.2) is 9.84 Å². The molecule has 1 aromatic rings. The molecule has 8 heteroatoms. The summed E-state index contributed by atoms with van der Waals surface area (Å²) < 4.78 is 23.7. The molecule has 26 heavy (non-hydrogen) atoms. The van der Waals surface area contributed by atoms with Crippen molar-refractivity contribution < 1.29 is 13.2 Å². The van der Waals surface area contributed by atoms with Gasteiger partial charge in [-0.15, -0.1) is 0 Å². The molecule has 1 aliphatic heterocycles. The normalized spacial score (nSPS) is 20.3. The molecule has 1 fully saturated rings. The number of aromatic nitrogens is 2. The summed E-state index contributed by atoms with van der Waals surface area (Å²) in [6, 6.07) is 1.71. The monoisotopic (exact) mass is 399 g/mol. The van der Waals surface area contributed by atoms with Gasteiger partial charge >= 0.3 is 0 Å². The van der Waals surface area contributed by atoms with Gasteiger partial charge in [0, 0.05) is 23.7 Å². The summed E-state index contributed by atoms with van der Waals surface area (Å²) in [4.78, 5) is 23.6. The Morgan fingerprint density at radius 1 is 1.35 bits per heavy atom. The number of hydrogen-bond donors (Lipinski definition) is 0. The van der Waals surface area contributed by atoms with Gasteiger partial charge in [-0.1, -0.05) is 32.5 Å². The molecule has 1 aromatic heterocycles. The lowest BCUT2D eigenvalue weighted by Gasteiger charge is -2.33. The highest BCUT2D eigenvalue weighted by Crippen LogP contribution is 2.24. The molecule has 0 aromatic carbocycles. The summed E-state index contributed by atoms with van der Waals surface area (Å²) in [5, 5.41) is 0.790. The molecule has 0 saturated carbocycles. The van der Waals surface area contributed by atoms with Crippen molar-refractivity contribution in [2.75, 3.05) is 17.3 Å². The summed E-state index contributed by atoms with van der Waals surface area (Å²) in [5.41, 5.74) is 0.888. The van der Waals surface area contributed by atoms with Crippen LogP contribution in [0.2, 0.25) is 0 Å². The number of hydrogen-bond acceptors (Lipinski definition) is 6. The molecule has 2 heterocycles. The Labute approximate surface area is 161 Å². The minimum atomic E-state index is -3.02. The van der Waals surface area contributed by atoms with E-state index >= 15 is 0 Å². The fraction of sp³-hybridized carbons (Fsp3) is 0.722. The number of nitrogens with zero attached hydrogens (tertiary/aromatic N) is 3. The van der Waals surface area contributed by atoms with Gasteiger partial charge < -0.3 is 4.90 Å². The first-order valence-corrected chi connectivity index (χ1v) is 11.9. The van der Waals surface area contributed by atoms with E-state index in [9.17, 15) is 13.2 Å². The molecular weight excluding hydrogens is 370 g/mol. The van der Waals surface area contributed by atoms with Crippen molar-refractivity contribution in [3.63, 3.8) is 0 Å². The zero-order chi connectivity index (χ0) is 19.5. The highest BCUT2D eigenvalue weighted by Gasteiger charge is 2.36. The first-order chi connectivity index (χ1) is 12.1. The zero-order valence-corrected chi connectivity index (χ0v) is 17.9. The maximum Gasteiger partial charge on any atom is 0.233 e. The third-order valence-corrected chi connectivity index (χ3v) is 7.31. The molecule has 0 bridgehead atoms. The van der Waals surface area contributed by atoms with Gasteiger partial charge in [0.25, 0.3) is 0 Å². The summed E-state index contributed by atoms with van der Waals surface area (Å²) in [6.07, 6.45) is 1.34. The summed E-state index contributed by atoms with van der Waals surface area (Å²) in [7, 11) is -3.02. The van der Waals surface area contributed by atoms with Gasteiger partial charge in [-0.05, 0) is 32.8 Å². The molecule has 0 unspecified atom stereocenters. The molecule has 0 spiro atoms. The van der Waals surface area contributed by atoms with Gasteiger partial charge in [-0.25, -0.2) is 18.4 Å². The minimum Gasteiger partial charge on any atom is -0.335 e. The van der Waals surface area contributed by atoms with Crippen LogP contribution < -0.4 is 0 Å². The van der Waals surface area contributed by atoms with E-state index in [-0.39, 0.29) is 41.2 Å². The van der Waals surface area contributed by atoms with Crippen LogP contribution in [0, 0.1) is 6.92 Å². The number of sulfone groups is 1. The Bertz CT molecular complexity index is 750. The SMILES string of the molecule is CC[C@H](C)N(C(=O)CSc1cc(C)nc(C(C)C)n1)[C@@H]1CCS(=O)(=O)C1. The largest absolute Gasteiger partial charge is 0.335 e. The quantitative estimate of drug-likeness (QED) is 0.518. The van der Waals surface area contributed by atoms with Crippen LogP contribution in [-0.4, -0.2) is 58.5 Å². The van der Waals surface area contributed by atoms with Gasteiger partial charge in [-0.2, -0.15) is 0 Å². The van der Waals surface area contributed by atoms with E-state index in [2.05, 4.69) is 9.97 Å². The van der Waals surface area contributed by atoms with Crippen LogP contribution in [0.4, 0.5) is 0 Å². The Balaban J connectivity index is 2.10. The summed E-state index contributed by atoms with van der Waals surface area (Å²) in [5.74, 6) is 1.50. The van der Waals surface area contributed by atoms with Crippen molar-refractivity contribution in [2.45, 2.75) is 70.5 Å². The summed E-state index contributed by atoms with van der Waals surface area (Å²) in [6.45, 7) is 10.0. The fourth-order valence-electron chi connectivity index (χ4n) is 3.10. The average Bonchev–Trinajstić information content (AvgIpc) is 2.91. The van der Waals surface area contributed by atoms with Crippen molar-refractivity contribution in [2.24, 2.45) is 0 Å². The maximum atomic E-state index is 12.9. The lowest BCUT2D eigenvalue weighted by Crippen LogP contribution is -2.47. The lowest BCUT2D eigenvalue weighted by molar-refractivity contribution is -0.132. The second-order valence-electron chi connectivity index (χ2n) is 7.26. The third kappa shape index (κ3) is 5.42. The summed E-state index contributed by atoms with van der Waals surface area (Å²) >= 11 is 1.40. The Morgan fingerprint density at radius 3 is 2.58 bits per heavy atom. The van der Waals surface area contributed by atoms with E-state index in [4.69, 9.17) is 0 Å². The van der Waals surface area contributed by atoms with Crippen LogP contribution >= 0.6 is 11.8 Å². The number of thioether (sulfide) groups is 1.